The maximum atomic E-state index is 12.3. The first kappa shape index (κ1) is 15.0. The highest BCUT2D eigenvalue weighted by Crippen LogP contribution is 2.32. The molecule has 18 heavy (non-hydrogen) atoms. The van der Waals surface area contributed by atoms with Gasteiger partial charge in [-0.25, -0.2) is 0 Å². The molecule has 1 aromatic rings. The smallest absolute Gasteiger partial charge is 0.416 e. The number of ether oxygens (including phenoxy) is 1. The molecule has 0 aliphatic heterocycles. The molecule has 1 rings (SSSR count). The van der Waals surface area contributed by atoms with Crippen LogP contribution in [0.3, 0.4) is 0 Å². The lowest BCUT2D eigenvalue weighted by Gasteiger charge is -2.23. The van der Waals surface area contributed by atoms with Gasteiger partial charge >= 0.3 is 6.18 Å². The molecule has 1 amide bonds. The first-order valence-corrected chi connectivity index (χ1v) is 5.59. The van der Waals surface area contributed by atoms with Gasteiger partial charge in [0.15, 0.2) is 0 Å². The maximum absolute atomic E-state index is 12.3. The second kappa shape index (κ2) is 5.31. The summed E-state index contributed by atoms with van der Waals surface area (Å²) in [6.07, 6.45) is -4.70. The Morgan fingerprint density at radius 1 is 1.22 bits per heavy atom. The van der Waals surface area contributed by atoms with Crippen LogP contribution in [0.25, 0.3) is 0 Å². The van der Waals surface area contributed by atoms with E-state index in [1.54, 1.807) is 0 Å². The average molecular weight is 297 g/mol. The monoisotopic (exact) mass is 297 g/mol. The van der Waals surface area contributed by atoms with E-state index in [2.05, 4.69) is 25.3 Å². The molecule has 0 fully saturated rings. The first-order chi connectivity index (χ1) is 8.10. The van der Waals surface area contributed by atoms with Gasteiger partial charge in [0, 0.05) is 0 Å². The lowest BCUT2D eigenvalue weighted by molar-refractivity contribution is -0.137. The lowest BCUT2D eigenvalue weighted by atomic mass is 10.2. The molecule has 2 N–H and O–H groups in total. The molecular formula is C10H10F3NO2S2. The van der Waals surface area contributed by atoms with E-state index in [0.717, 1.165) is 24.3 Å². The molecule has 0 bridgehead atoms. The molecule has 0 aromatic heterocycles. The van der Waals surface area contributed by atoms with Crippen molar-refractivity contribution in [1.29, 1.82) is 0 Å². The van der Waals surface area contributed by atoms with E-state index in [0.29, 0.717) is 0 Å². The van der Waals surface area contributed by atoms with Gasteiger partial charge in [0.2, 0.25) is 10.2 Å². The van der Waals surface area contributed by atoms with E-state index in [-0.39, 0.29) is 12.2 Å². The number of halogens is 3. The quantitative estimate of drug-likeness (QED) is 0.591. The van der Waals surface area contributed by atoms with Crippen molar-refractivity contribution in [2.45, 2.75) is 16.9 Å². The van der Waals surface area contributed by atoms with Crippen LogP contribution in [0.1, 0.15) is 12.0 Å². The zero-order valence-electron chi connectivity index (χ0n) is 8.94. The summed E-state index contributed by atoms with van der Waals surface area (Å²) < 4.78 is 40.6. The number of thiol groups is 2. The van der Waals surface area contributed by atoms with Gasteiger partial charge in [-0.2, -0.15) is 13.2 Å². The molecule has 0 aliphatic carbocycles. The van der Waals surface area contributed by atoms with Crippen LogP contribution in [-0.2, 0) is 11.0 Å². The largest absolute Gasteiger partial charge is 0.467 e. The van der Waals surface area contributed by atoms with Crippen LogP contribution in [0.5, 0.6) is 5.75 Å². The summed E-state index contributed by atoms with van der Waals surface area (Å²) in [5, 5.41) is 0. The Morgan fingerprint density at radius 2 is 1.72 bits per heavy atom. The van der Waals surface area contributed by atoms with Gasteiger partial charge < -0.3 is 10.5 Å². The molecule has 0 radical (unpaired) electrons. The van der Waals surface area contributed by atoms with Gasteiger partial charge in [-0.15, -0.1) is 25.3 Å². The van der Waals surface area contributed by atoms with Crippen molar-refractivity contribution in [3.05, 3.63) is 29.8 Å². The third kappa shape index (κ3) is 4.69. The number of rotatable bonds is 4. The summed E-state index contributed by atoms with van der Waals surface area (Å²) >= 11 is 7.88. The summed E-state index contributed by atoms with van der Waals surface area (Å²) in [6, 6.07) is 3.95. The highest BCUT2D eigenvalue weighted by molar-refractivity contribution is 8.00. The van der Waals surface area contributed by atoms with E-state index < -0.39 is 21.9 Å². The highest BCUT2D eigenvalue weighted by atomic mass is 32.2. The number of hydrogen-bond acceptors (Lipinski definition) is 4. The number of nitrogens with two attached hydrogens (primary N) is 1. The zero-order valence-corrected chi connectivity index (χ0v) is 10.7. The van der Waals surface area contributed by atoms with Gasteiger partial charge in [-0.3, -0.25) is 4.79 Å². The van der Waals surface area contributed by atoms with E-state index >= 15 is 0 Å². The van der Waals surface area contributed by atoms with Crippen molar-refractivity contribution in [2.24, 2.45) is 5.73 Å². The summed E-state index contributed by atoms with van der Waals surface area (Å²) in [4.78, 5) is 10.7. The molecule has 0 saturated carbocycles. The molecule has 100 valence electrons. The molecule has 0 aliphatic rings. The van der Waals surface area contributed by atoms with Crippen LogP contribution in [0, 0.1) is 0 Å². The molecular weight excluding hydrogens is 287 g/mol. The number of benzene rings is 1. The van der Waals surface area contributed by atoms with E-state index in [4.69, 9.17) is 10.5 Å². The van der Waals surface area contributed by atoms with Crippen molar-refractivity contribution in [1.82, 2.24) is 0 Å². The zero-order chi connectivity index (χ0) is 14.0. The molecule has 0 heterocycles. The Kier molecular flexibility index (Phi) is 4.44. The molecule has 0 spiro atoms. The van der Waals surface area contributed by atoms with Crippen molar-refractivity contribution < 1.29 is 22.7 Å². The van der Waals surface area contributed by atoms with Crippen molar-refractivity contribution in [3.8, 4) is 5.75 Å². The summed E-state index contributed by atoms with van der Waals surface area (Å²) in [6.45, 7) is 0. The van der Waals surface area contributed by atoms with E-state index in [1.165, 1.54) is 0 Å². The molecule has 3 nitrogen and oxygen atoms in total. The highest BCUT2D eigenvalue weighted by Gasteiger charge is 2.30. The number of carbonyl (C=O) groups is 1. The predicted molar refractivity (Wildman–Crippen MR) is 66.6 cm³/mol. The van der Waals surface area contributed by atoms with Crippen LogP contribution < -0.4 is 10.5 Å². The average Bonchev–Trinajstić information content (AvgIpc) is 2.13. The standard InChI is InChI=1S/C10H10F3NO2S2/c11-10(12,13)6-1-3-7(4-2-6)16-9(17,18)5-8(14)15/h1-4,17-18H,5H2,(H2,14,15). The van der Waals surface area contributed by atoms with E-state index in [1.807, 2.05) is 0 Å². The van der Waals surface area contributed by atoms with Crippen molar-refractivity contribution >= 4 is 31.2 Å². The minimum absolute atomic E-state index is 0.106. The minimum Gasteiger partial charge on any atom is -0.467 e. The Hall–Kier alpha value is -1.02. The van der Waals surface area contributed by atoms with Crippen LogP contribution in [0.4, 0.5) is 13.2 Å². The Balaban J connectivity index is 2.78. The second-order valence-corrected chi connectivity index (χ2v) is 5.31. The number of amides is 1. The molecule has 0 saturated heterocycles. The second-order valence-electron chi connectivity index (χ2n) is 3.51. The third-order valence-corrected chi connectivity index (χ3v) is 2.37. The third-order valence-electron chi connectivity index (χ3n) is 1.87. The van der Waals surface area contributed by atoms with Gasteiger partial charge in [-0.05, 0) is 24.3 Å². The fourth-order valence-electron chi connectivity index (χ4n) is 1.16. The Morgan fingerprint density at radius 3 is 2.11 bits per heavy atom. The van der Waals surface area contributed by atoms with Crippen LogP contribution in [0.2, 0.25) is 0 Å². The number of primary amides is 1. The van der Waals surface area contributed by atoms with Crippen LogP contribution >= 0.6 is 25.3 Å². The summed E-state index contributed by atoms with van der Waals surface area (Å²) in [5.74, 6) is -0.582. The lowest BCUT2D eigenvalue weighted by Crippen LogP contribution is -2.29. The molecule has 0 unspecified atom stereocenters. The molecule has 8 heteroatoms. The van der Waals surface area contributed by atoms with Gasteiger partial charge in [-0.1, -0.05) is 0 Å². The van der Waals surface area contributed by atoms with E-state index in [9.17, 15) is 18.0 Å². The van der Waals surface area contributed by atoms with Gasteiger partial charge in [0.05, 0.1) is 12.0 Å². The fraction of sp³-hybridized carbons (Fsp3) is 0.300. The minimum atomic E-state index is -4.41. The Bertz CT molecular complexity index is 432. The first-order valence-electron chi connectivity index (χ1n) is 4.69. The summed E-state index contributed by atoms with van der Waals surface area (Å²) in [5.41, 5.74) is 4.15. The SMILES string of the molecule is NC(=O)CC(S)(S)Oc1ccc(C(F)(F)F)cc1. The van der Waals surface area contributed by atoms with Crippen LogP contribution in [-0.4, -0.2) is 10.2 Å². The molecule has 1 aromatic carbocycles. The topological polar surface area (TPSA) is 52.3 Å². The van der Waals surface area contributed by atoms with Crippen LogP contribution in [0.15, 0.2) is 24.3 Å². The van der Waals surface area contributed by atoms with Crippen molar-refractivity contribution in [2.75, 3.05) is 0 Å². The number of hydrogen-bond donors (Lipinski definition) is 3. The van der Waals surface area contributed by atoms with Gasteiger partial charge in [0.1, 0.15) is 5.75 Å². The fourth-order valence-corrected chi connectivity index (χ4v) is 1.69. The number of carbonyl (C=O) groups excluding carboxylic acids is 1. The maximum Gasteiger partial charge on any atom is 0.416 e. The Labute approximate surface area is 112 Å². The number of alkyl halides is 3. The summed E-state index contributed by atoms with van der Waals surface area (Å²) in [7, 11) is 0. The molecule has 0 atom stereocenters. The van der Waals surface area contributed by atoms with Crippen molar-refractivity contribution in [3.63, 3.8) is 0 Å². The normalized spacial score (nSPS) is 12.3. The predicted octanol–water partition coefficient (Wildman–Crippen LogP) is 2.47. The van der Waals surface area contributed by atoms with Gasteiger partial charge in [0.25, 0.3) is 0 Å².